The normalized spacial score (nSPS) is 20.9. The van der Waals surface area contributed by atoms with Gasteiger partial charge in [-0.2, -0.15) is 5.10 Å². The van der Waals surface area contributed by atoms with E-state index in [4.69, 9.17) is 0 Å². The Balaban J connectivity index is 1.49. The van der Waals surface area contributed by atoms with E-state index in [1.165, 1.54) is 6.42 Å². The molecule has 0 unspecified atom stereocenters. The highest BCUT2D eigenvalue weighted by atomic mass is 16.2. The summed E-state index contributed by atoms with van der Waals surface area (Å²) >= 11 is 0. The summed E-state index contributed by atoms with van der Waals surface area (Å²) in [5.74, 6) is 1.44. The summed E-state index contributed by atoms with van der Waals surface area (Å²) < 4.78 is 1.88. The lowest BCUT2D eigenvalue weighted by Crippen LogP contribution is -2.40. The highest BCUT2D eigenvalue weighted by Crippen LogP contribution is 2.30. The summed E-state index contributed by atoms with van der Waals surface area (Å²) in [6, 6.07) is 7.37. The molecule has 3 heterocycles. The molecule has 166 valence electrons. The standard InChI is InChI=1S/C24H33N5O2/c1-4-20(23(30)25-10-7-11-28-14-16(2)12-17(3)15-28)29-21-9-6-5-8-18(21)19-13-26-27-24(31)22(19)29/h5-6,8-9,13,16-17,20H,4,7,10-12,14-15H2,1-3H3,(H,25,30)(H,27,31)/t16-,17+,20-/m1/s1. The van der Waals surface area contributed by atoms with Crippen LogP contribution in [0.2, 0.25) is 0 Å². The van der Waals surface area contributed by atoms with E-state index in [-0.39, 0.29) is 11.5 Å². The molecule has 0 radical (unpaired) electrons. The monoisotopic (exact) mass is 423 g/mol. The molecule has 2 aromatic heterocycles. The van der Waals surface area contributed by atoms with Gasteiger partial charge in [0.15, 0.2) is 0 Å². The van der Waals surface area contributed by atoms with Crippen LogP contribution in [0.4, 0.5) is 0 Å². The van der Waals surface area contributed by atoms with Crippen LogP contribution < -0.4 is 10.9 Å². The predicted octanol–water partition coefficient (Wildman–Crippen LogP) is 3.31. The molecule has 1 saturated heterocycles. The smallest absolute Gasteiger partial charge is 0.288 e. The lowest BCUT2D eigenvalue weighted by molar-refractivity contribution is -0.124. The van der Waals surface area contributed by atoms with Gasteiger partial charge in [0.1, 0.15) is 11.6 Å². The highest BCUT2D eigenvalue weighted by Gasteiger charge is 2.25. The molecule has 1 aliphatic rings. The van der Waals surface area contributed by atoms with Gasteiger partial charge in [-0.25, -0.2) is 5.10 Å². The maximum atomic E-state index is 13.2. The van der Waals surface area contributed by atoms with Gasteiger partial charge in [-0.15, -0.1) is 0 Å². The molecule has 7 heteroatoms. The number of amides is 1. The molecule has 0 spiro atoms. The van der Waals surface area contributed by atoms with Crippen LogP contribution >= 0.6 is 0 Å². The predicted molar refractivity (Wildman–Crippen MR) is 124 cm³/mol. The van der Waals surface area contributed by atoms with Crippen LogP contribution in [0.15, 0.2) is 35.3 Å². The van der Waals surface area contributed by atoms with Crippen molar-refractivity contribution in [2.45, 2.75) is 46.1 Å². The molecule has 0 bridgehead atoms. The molecule has 31 heavy (non-hydrogen) atoms. The molecule has 1 amide bonds. The third kappa shape index (κ3) is 4.37. The number of para-hydroxylation sites is 1. The Bertz CT molecular complexity index is 1110. The Hall–Kier alpha value is -2.67. The molecule has 3 aromatic rings. The SMILES string of the molecule is CC[C@H](C(=O)NCCCN1C[C@H](C)C[C@H](C)C1)n1c2ccccc2c2cn[nH]c(=O)c21. The number of nitrogens with one attached hydrogen (secondary N) is 2. The quantitative estimate of drug-likeness (QED) is 0.571. The first-order chi connectivity index (χ1) is 15.0. The van der Waals surface area contributed by atoms with Crippen LogP contribution in [0.5, 0.6) is 0 Å². The van der Waals surface area contributed by atoms with Crippen molar-refractivity contribution in [3.8, 4) is 0 Å². The molecule has 7 nitrogen and oxygen atoms in total. The number of piperidine rings is 1. The molecule has 1 aliphatic heterocycles. The fourth-order valence-electron chi connectivity index (χ4n) is 5.28. The van der Waals surface area contributed by atoms with Crippen molar-refractivity contribution < 1.29 is 4.79 Å². The Kier molecular flexibility index (Phi) is 6.41. The number of hydrogen-bond donors (Lipinski definition) is 2. The molecular weight excluding hydrogens is 390 g/mol. The summed E-state index contributed by atoms with van der Waals surface area (Å²) in [6.07, 6.45) is 4.50. The lowest BCUT2D eigenvalue weighted by atomic mass is 9.92. The van der Waals surface area contributed by atoms with Crippen LogP contribution in [0.3, 0.4) is 0 Å². The van der Waals surface area contributed by atoms with E-state index in [1.54, 1.807) is 6.20 Å². The van der Waals surface area contributed by atoms with Crippen molar-refractivity contribution in [2.75, 3.05) is 26.2 Å². The van der Waals surface area contributed by atoms with Gasteiger partial charge < -0.3 is 14.8 Å². The maximum absolute atomic E-state index is 13.2. The lowest BCUT2D eigenvalue weighted by Gasteiger charge is -2.35. The number of aromatic amines is 1. The number of H-pyrrole nitrogens is 1. The number of benzene rings is 1. The summed E-state index contributed by atoms with van der Waals surface area (Å²) in [4.78, 5) is 28.3. The van der Waals surface area contributed by atoms with Gasteiger partial charge in [-0.1, -0.05) is 39.0 Å². The van der Waals surface area contributed by atoms with E-state index >= 15 is 0 Å². The second-order valence-electron chi connectivity index (χ2n) is 9.12. The fraction of sp³-hybridized carbons (Fsp3) is 0.542. The molecule has 0 saturated carbocycles. The number of nitrogens with zero attached hydrogens (tertiary/aromatic N) is 3. The maximum Gasteiger partial charge on any atom is 0.288 e. The van der Waals surface area contributed by atoms with Gasteiger partial charge in [-0.3, -0.25) is 9.59 Å². The minimum atomic E-state index is -0.444. The van der Waals surface area contributed by atoms with Crippen molar-refractivity contribution in [3.05, 3.63) is 40.8 Å². The summed E-state index contributed by atoms with van der Waals surface area (Å²) in [5, 5.41) is 11.3. The molecule has 1 fully saturated rings. The van der Waals surface area contributed by atoms with Crippen molar-refractivity contribution in [3.63, 3.8) is 0 Å². The molecule has 1 aromatic carbocycles. The summed E-state index contributed by atoms with van der Waals surface area (Å²) in [5.41, 5.74) is 1.12. The molecule has 4 rings (SSSR count). The Morgan fingerprint density at radius 1 is 1.23 bits per heavy atom. The van der Waals surface area contributed by atoms with Gasteiger partial charge >= 0.3 is 0 Å². The average molecular weight is 424 g/mol. The Labute approximate surface area is 182 Å². The van der Waals surface area contributed by atoms with Crippen molar-refractivity contribution >= 4 is 27.7 Å². The summed E-state index contributed by atoms with van der Waals surface area (Å²) in [7, 11) is 0. The summed E-state index contributed by atoms with van der Waals surface area (Å²) in [6.45, 7) is 10.6. The largest absolute Gasteiger partial charge is 0.354 e. The topological polar surface area (TPSA) is 83.0 Å². The first-order valence-electron chi connectivity index (χ1n) is 11.5. The first kappa shape index (κ1) is 21.6. The fourth-order valence-corrected chi connectivity index (χ4v) is 5.28. The van der Waals surface area contributed by atoms with Crippen LogP contribution in [0.1, 0.15) is 46.1 Å². The second kappa shape index (κ2) is 9.22. The minimum Gasteiger partial charge on any atom is -0.354 e. The van der Waals surface area contributed by atoms with Crippen molar-refractivity contribution in [1.29, 1.82) is 0 Å². The zero-order chi connectivity index (χ0) is 22.0. The number of aromatic nitrogens is 3. The van der Waals surface area contributed by atoms with E-state index in [9.17, 15) is 9.59 Å². The van der Waals surface area contributed by atoms with Crippen LogP contribution in [0, 0.1) is 11.8 Å². The van der Waals surface area contributed by atoms with E-state index in [0.29, 0.717) is 18.5 Å². The molecular formula is C24H33N5O2. The van der Waals surface area contributed by atoms with E-state index in [0.717, 1.165) is 54.2 Å². The van der Waals surface area contributed by atoms with Crippen LogP contribution in [0.25, 0.3) is 21.8 Å². The van der Waals surface area contributed by atoms with Gasteiger partial charge in [0.25, 0.3) is 5.56 Å². The number of fused-ring (bicyclic) bond motifs is 3. The number of carbonyl (C=O) groups is 1. The van der Waals surface area contributed by atoms with Crippen LogP contribution in [-0.4, -0.2) is 51.8 Å². The van der Waals surface area contributed by atoms with Gasteiger partial charge in [0, 0.05) is 30.4 Å². The van der Waals surface area contributed by atoms with Gasteiger partial charge in [-0.05, 0) is 43.7 Å². The second-order valence-corrected chi connectivity index (χ2v) is 9.12. The van der Waals surface area contributed by atoms with E-state index < -0.39 is 6.04 Å². The van der Waals surface area contributed by atoms with Crippen LogP contribution in [-0.2, 0) is 4.79 Å². The number of hydrogen-bond acceptors (Lipinski definition) is 4. The first-order valence-corrected chi connectivity index (χ1v) is 11.5. The van der Waals surface area contributed by atoms with Crippen molar-refractivity contribution in [2.24, 2.45) is 11.8 Å². The molecule has 0 aliphatic carbocycles. The Morgan fingerprint density at radius 2 is 1.97 bits per heavy atom. The van der Waals surface area contributed by atoms with Crippen molar-refractivity contribution in [1.82, 2.24) is 25.0 Å². The molecule has 2 N–H and O–H groups in total. The van der Waals surface area contributed by atoms with E-state index in [2.05, 4.69) is 34.3 Å². The Morgan fingerprint density at radius 3 is 2.71 bits per heavy atom. The average Bonchev–Trinajstić information content (AvgIpc) is 3.07. The number of rotatable bonds is 7. The third-order valence-corrected chi connectivity index (χ3v) is 6.42. The third-order valence-electron chi connectivity index (χ3n) is 6.42. The minimum absolute atomic E-state index is 0.0401. The van der Waals surface area contributed by atoms with Gasteiger partial charge in [0.2, 0.25) is 5.91 Å². The van der Waals surface area contributed by atoms with Gasteiger partial charge in [0.05, 0.1) is 11.7 Å². The number of likely N-dealkylation sites (tertiary alicyclic amines) is 1. The number of carbonyl (C=O) groups excluding carboxylic acids is 1. The highest BCUT2D eigenvalue weighted by molar-refractivity contribution is 6.08. The molecule has 3 atom stereocenters. The zero-order valence-corrected chi connectivity index (χ0v) is 18.7. The van der Waals surface area contributed by atoms with E-state index in [1.807, 2.05) is 35.8 Å². The zero-order valence-electron chi connectivity index (χ0n) is 18.7.